The highest BCUT2D eigenvalue weighted by molar-refractivity contribution is 5.38. The molecule has 3 nitrogen and oxygen atoms in total. The number of nitrogens with two attached hydrogens (primary N) is 1. The first-order valence-corrected chi connectivity index (χ1v) is 6.10. The molecule has 0 saturated carbocycles. The molecule has 0 fully saturated rings. The molecule has 1 aromatic heterocycles. The SMILES string of the molecule is COc1ccc(C)cc1CC(N)c1ccncc1F. The van der Waals surface area contributed by atoms with Crippen LogP contribution in [0.1, 0.15) is 22.7 Å². The van der Waals surface area contributed by atoms with Crippen molar-refractivity contribution in [2.75, 3.05) is 7.11 Å². The van der Waals surface area contributed by atoms with Crippen LogP contribution < -0.4 is 10.5 Å². The van der Waals surface area contributed by atoms with Crippen molar-refractivity contribution in [2.24, 2.45) is 5.73 Å². The molecule has 0 saturated heterocycles. The fourth-order valence-corrected chi connectivity index (χ4v) is 2.10. The van der Waals surface area contributed by atoms with Crippen LogP contribution in [0.5, 0.6) is 5.75 Å². The molecule has 0 radical (unpaired) electrons. The lowest BCUT2D eigenvalue weighted by Crippen LogP contribution is -2.15. The molecule has 100 valence electrons. The molecule has 2 rings (SSSR count). The molecule has 1 atom stereocenters. The van der Waals surface area contributed by atoms with Crippen LogP contribution in [-0.4, -0.2) is 12.1 Å². The monoisotopic (exact) mass is 260 g/mol. The third-order valence-electron chi connectivity index (χ3n) is 3.08. The van der Waals surface area contributed by atoms with Gasteiger partial charge in [0.1, 0.15) is 11.6 Å². The van der Waals surface area contributed by atoms with E-state index in [1.54, 1.807) is 19.4 Å². The quantitative estimate of drug-likeness (QED) is 0.919. The summed E-state index contributed by atoms with van der Waals surface area (Å²) >= 11 is 0. The number of nitrogens with zero attached hydrogens (tertiary/aromatic N) is 1. The van der Waals surface area contributed by atoms with Gasteiger partial charge in [-0.25, -0.2) is 4.39 Å². The molecule has 2 aromatic rings. The first-order chi connectivity index (χ1) is 9.11. The van der Waals surface area contributed by atoms with Crippen LogP contribution in [0.25, 0.3) is 0 Å². The number of aromatic nitrogens is 1. The molecule has 4 heteroatoms. The summed E-state index contributed by atoms with van der Waals surface area (Å²) in [5.74, 6) is 0.400. The van der Waals surface area contributed by atoms with Crippen LogP contribution in [0, 0.1) is 12.7 Å². The van der Waals surface area contributed by atoms with Gasteiger partial charge in [-0.3, -0.25) is 4.98 Å². The average molecular weight is 260 g/mol. The van der Waals surface area contributed by atoms with Crippen LogP contribution in [0.4, 0.5) is 4.39 Å². The molecule has 0 aliphatic heterocycles. The Morgan fingerprint density at radius 3 is 2.84 bits per heavy atom. The lowest BCUT2D eigenvalue weighted by Gasteiger charge is -2.15. The lowest BCUT2D eigenvalue weighted by molar-refractivity contribution is 0.407. The summed E-state index contributed by atoms with van der Waals surface area (Å²) in [6.07, 6.45) is 3.25. The Labute approximate surface area is 112 Å². The fraction of sp³-hybridized carbons (Fsp3) is 0.267. The molecule has 0 aliphatic rings. The topological polar surface area (TPSA) is 48.1 Å². The normalized spacial score (nSPS) is 12.2. The Morgan fingerprint density at radius 1 is 1.37 bits per heavy atom. The van der Waals surface area contributed by atoms with Crippen LogP contribution >= 0.6 is 0 Å². The van der Waals surface area contributed by atoms with Crippen LogP contribution in [0.3, 0.4) is 0 Å². The van der Waals surface area contributed by atoms with Gasteiger partial charge in [-0.15, -0.1) is 0 Å². The second-order valence-corrected chi connectivity index (χ2v) is 4.52. The first kappa shape index (κ1) is 13.5. The second kappa shape index (κ2) is 5.80. The number of benzene rings is 1. The number of ether oxygens (including phenoxy) is 1. The summed E-state index contributed by atoms with van der Waals surface area (Å²) in [5, 5.41) is 0. The zero-order valence-corrected chi connectivity index (χ0v) is 11.1. The van der Waals surface area contributed by atoms with Gasteiger partial charge in [-0.05, 0) is 31.0 Å². The molecular formula is C15H17FN2O. The predicted octanol–water partition coefficient (Wildman–Crippen LogP) is 2.78. The number of aryl methyl sites for hydroxylation is 1. The maximum Gasteiger partial charge on any atom is 0.146 e. The zero-order chi connectivity index (χ0) is 13.8. The third-order valence-corrected chi connectivity index (χ3v) is 3.08. The van der Waals surface area contributed by atoms with E-state index in [9.17, 15) is 4.39 Å². The minimum absolute atomic E-state index is 0.374. The number of methoxy groups -OCH3 is 1. The highest BCUT2D eigenvalue weighted by Gasteiger charge is 2.14. The molecule has 0 aliphatic carbocycles. The molecule has 0 spiro atoms. The van der Waals surface area contributed by atoms with Crippen molar-refractivity contribution in [2.45, 2.75) is 19.4 Å². The van der Waals surface area contributed by atoms with E-state index >= 15 is 0 Å². The first-order valence-electron chi connectivity index (χ1n) is 6.10. The van der Waals surface area contributed by atoms with Gasteiger partial charge in [0.2, 0.25) is 0 Å². The van der Waals surface area contributed by atoms with E-state index in [1.165, 1.54) is 6.20 Å². The van der Waals surface area contributed by atoms with Gasteiger partial charge >= 0.3 is 0 Å². The Hall–Kier alpha value is -1.94. The van der Waals surface area contributed by atoms with Gasteiger partial charge in [0.05, 0.1) is 13.3 Å². The number of halogens is 1. The highest BCUT2D eigenvalue weighted by atomic mass is 19.1. The van der Waals surface area contributed by atoms with Gasteiger partial charge < -0.3 is 10.5 Å². The zero-order valence-electron chi connectivity index (χ0n) is 11.1. The van der Waals surface area contributed by atoms with Gasteiger partial charge in [0.15, 0.2) is 0 Å². The minimum Gasteiger partial charge on any atom is -0.496 e. The summed E-state index contributed by atoms with van der Waals surface area (Å²) in [6, 6.07) is 7.08. The Bertz CT molecular complexity index is 572. The summed E-state index contributed by atoms with van der Waals surface area (Å²) in [4.78, 5) is 3.73. The molecule has 0 amide bonds. The van der Waals surface area contributed by atoms with Crippen molar-refractivity contribution in [3.05, 3.63) is 59.2 Å². The smallest absolute Gasteiger partial charge is 0.146 e. The molecule has 1 unspecified atom stereocenters. The standard InChI is InChI=1S/C15H17FN2O/c1-10-3-4-15(19-2)11(7-10)8-14(17)12-5-6-18-9-13(12)16/h3-7,9,14H,8,17H2,1-2H3. The van der Waals surface area contributed by atoms with Crippen LogP contribution in [-0.2, 0) is 6.42 Å². The van der Waals surface area contributed by atoms with E-state index in [2.05, 4.69) is 4.98 Å². The lowest BCUT2D eigenvalue weighted by atomic mass is 9.98. The van der Waals surface area contributed by atoms with E-state index in [4.69, 9.17) is 10.5 Å². The predicted molar refractivity (Wildman–Crippen MR) is 72.6 cm³/mol. The third kappa shape index (κ3) is 3.09. The van der Waals surface area contributed by atoms with Crippen molar-refractivity contribution in [3.63, 3.8) is 0 Å². The average Bonchev–Trinajstić information content (AvgIpc) is 2.39. The Balaban J connectivity index is 2.26. The Morgan fingerprint density at radius 2 is 2.16 bits per heavy atom. The van der Waals surface area contributed by atoms with Crippen molar-refractivity contribution in [1.82, 2.24) is 4.98 Å². The molecule has 1 aromatic carbocycles. The summed E-state index contributed by atoms with van der Waals surface area (Å²) in [5.41, 5.74) is 8.65. The second-order valence-electron chi connectivity index (χ2n) is 4.52. The maximum atomic E-state index is 13.6. The van der Waals surface area contributed by atoms with E-state index in [0.29, 0.717) is 12.0 Å². The largest absolute Gasteiger partial charge is 0.496 e. The molecular weight excluding hydrogens is 243 g/mol. The fourth-order valence-electron chi connectivity index (χ4n) is 2.10. The van der Waals surface area contributed by atoms with E-state index in [-0.39, 0.29) is 5.82 Å². The van der Waals surface area contributed by atoms with Crippen molar-refractivity contribution >= 4 is 0 Å². The highest BCUT2D eigenvalue weighted by Crippen LogP contribution is 2.25. The van der Waals surface area contributed by atoms with E-state index < -0.39 is 6.04 Å². The van der Waals surface area contributed by atoms with Crippen molar-refractivity contribution in [1.29, 1.82) is 0 Å². The van der Waals surface area contributed by atoms with E-state index in [0.717, 1.165) is 16.9 Å². The van der Waals surface area contributed by atoms with Crippen molar-refractivity contribution in [3.8, 4) is 5.75 Å². The number of pyridine rings is 1. The molecule has 0 bridgehead atoms. The summed E-state index contributed by atoms with van der Waals surface area (Å²) < 4.78 is 18.9. The maximum absolute atomic E-state index is 13.6. The van der Waals surface area contributed by atoms with Crippen LogP contribution in [0.2, 0.25) is 0 Å². The number of rotatable bonds is 4. The van der Waals surface area contributed by atoms with Crippen molar-refractivity contribution < 1.29 is 9.13 Å². The summed E-state index contributed by atoms with van der Waals surface area (Å²) in [7, 11) is 1.62. The van der Waals surface area contributed by atoms with Crippen LogP contribution in [0.15, 0.2) is 36.7 Å². The molecule has 2 N–H and O–H groups in total. The van der Waals surface area contributed by atoms with E-state index in [1.807, 2.05) is 25.1 Å². The van der Waals surface area contributed by atoms with Gasteiger partial charge in [0.25, 0.3) is 0 Å². The summed E-state index contributed by atoms with van der Waals surface area (Å²) in [6.45, 7) is 2.00. The molecule has 1 heterocycles. The van der Waals surface area contributed by atoms with Gasteiger partial charge in [-0.1, -0.05) is 17.7 Å². The van der Waals surface area contributed by atoms with Gasteiger partial charge in [0, 0.05) is 17.8 Å². The number of hydrogen-bond donors (Lipinski definition) is 1. The Kier molecular flexibility index (Phi) is 4.12. The van der Waals surface area contributed by atoms with Gasteiger partial charge in [-0.2, -0.15) is 0 Å². The number of hydrogen-bond acceptors (Lipinski definition) is 3. The molecule has 19 heavy (non-hydrogen) atoms. The minimum atomic E-state index is -0.418.